The van der Waals surface area contributed by atoms with Gasteiger partial charge in [0.1, 0.15) is 41.1 Å². The minimum atomic E-state index is -0.920. The van der Waals surface area contributed by atoms with E-state index in [1.807, 2.05) is 0 Å². The number of nitrogens with one attached hydrogen (secondary N) is 3. The van der Waals surface area contributed by atoms with E-state index in [-0.39, 0.29) is 46.1 Å². The molecule has 270 valence electrons. The van der Waals surface area contributed by atoms with Gasteiger partial charge in [0.25, 0.3) is 0 Å². The molecule has 0 radical (unpaired) electrons. The van der Waals surface area contributed by atoms with Crippen molar-refractivity contribution < 1.29 is 27.8 Å². The number of halogens is 3. The fraction of sp³-hybridized carbons (Fsp3) is 0.417. The van der Waals surface area contributed by atoms with Crippen LogP contribution in [0, 0.1) is 17.1 Å². The van der Waals surface area contributed by atoms with Gasteiger partial charge in [-0.15, -0.1) is 11.3 Å². The predicted molar refractivity (Wildman–Crippen MR) is 193 cm³/mol. The third kappa shape index (κ3) is 6.07. The Morgan fingerprint density at radius 3 is 2.87 bits per heavy atom. The number of nitriles is 1. The zero-order chi connectivity index (χ0) is 36.4. The number of amides is 1. The molecule has 2 atom stereocenters. The molecule has 8 rings (SSSR count). The second-order valence-corrected chi connectivity index (χ2v) is 15.8. The van der Waals surface area contributed by atoms with Gasteiger partial charge in [0.15, 0.2) is 0 Å². The van der Waals surface area contributed by atoms with Crippen LogP contribution < -0.4 is 15.4 Å². The summed E-state index contributed by atoms with van der Waals surface area (Å²) in [7, 11) is 0. The minimum absolute atomic E-state index is 0.0683. The van der Waals surface area contributed by atoms with Gasteiger partial charge in [-0.3, -0.25) is 15.3 Å². The summed E-state index contributed by atoms with van der Waals surface area (Å²) >= 11 is 8.31. The highest BCUT2D eigenvalue weighted by molar-refractivity contribution is 7.23. The second kappa shape index (κ2) is 13.1. The molecule has 3 aliphatic rings. The number of ether oxygens (including phenoxy) is 3. The topological polar surface area (TPSA) is 150 Å². The van der Waals surface area contributed by atoms with E-state index in [0.29, 0.717) is 52.7 Å². The Morgan fingerprint density at radius 1 is 1.27 bits per heavy atom. The first-order valence-corrected chi connectivity index (χ1v) is 18.2. The Bertz CT molecular complexity index is 2270. The number of rotatable bonds is 8. The van der Waals surface area contributed by atoms with Crippen molar-refractivity contribution in [3.8, 4) is 23.2 Å². The van der Waals surface area contributed by atoms with E-state index in [0.717, 1.165) is 47.4 Å². The van der Waals surface area contributed by atoms with Gasteiger partial charge < -0.3 is 19.5 Å². The quantitative estimate of drug-likeness (QED) is 0.143. The van der Waals surface area contributed by atoms with E-state index < -0.39 is 29.2 Å². The third-order valence-corrected chi connectivity index (χ3v) is 11.3. The van der Waals surface area contributed by atoms with Crippen LogP contribution in [0.4, 0.5) is 24.4 Å². The highest BCUT2D eigenvalue weighted by Crippen LogP contribution is 2.50. The van der Waals surface area contributed by atoms with Gasteiger partial charge in [-0.1, -0.05) is 17.7 Å². The third-order valence-electron chi connectivity index (χ3n) is 9.81. The smallest absolute Gasteiger partial charge is 0.412 e. The van der Waals surface area contributed by atoms with Crippen molar-refractivity contribution in [1.82, 2.24) is 25.1 Å². The number of carbonyl (C=O) groups excluding carboxylic acids is 1. The lowest BCUT2D eigenvalue weighted by atomic mass is 9.91. The Kier molecular flexibility index (Phi) is 8.68. The summed E-state index contributed by atoms with van der Waals surface area (Å²) in [6.07, 6.45) is 3.94. The van der Waals surface area contributed by atoms with Crippen molar-refractivity contribution in [2.24, 2.45) is 0 Å². The average molecular weight is 749 g/mol. The number of carbonyl (C=O) groups is 1. The minimum Gasteiger partial charge on any atom is -0.461 e. The molecule has 0 aliphatic carbocycles. The zero-order valence-corrected chi connectivity index (χ0v) is 30.2. The highest BCUT2D eigenvalue weighted by Gasteiger charge is 2.49. The molecule has 0 spiro atoms. The van der Waals surface area contributed by atoms with E-state index in [4.69, 9.17) is 35.8 Å². The maximum absolute atomic E-state index is 15.5. The van der Waals surface area contributed by atoms with Crippen LogP contribution in [0.2, 0.25) is 5.02 Å². The number of anilines is 2. The molecule has 0 bridgehead atoms. The van der Waals surface area contributed by atoms with Crippen LogP contribution in [-0.2, 0) is 29.2 Å². The number of thiophene rings is 1. The summed E-state index contributed by atoms with van der Waals surface area (Å²) < 4.78 is 48.0. The van der Waals surface area contributed by atoms with Crippen molar-refractivity contribution in [1.29, 1.82) is 5.26 Å². The Morgan fingerprint density at radius 2 is 2.10 bits per heavy atom. The molecule has 2 fully saturated rings. The molecule has 0 saturated carbocycles. The molecule has 3 N–H and O–H groups in total. The van der Waals surface area contributed by atoms with E-state index >= 15 is 4.39 Å². The van der Waals surface area contributed by atoms with Gasteiger partial charge in [0, 0.05) is 42.2 Å². The van der Waals surface area contributed by atoms with Crippen LogP contribution in [0.15, 0.2) is 24.5 Å². The lowest BCUT2D eigenvalue weighted by Crippen LogP contribution is -2.43. The first kappa shape index (κ1) is 34.5. The van der Waals surface area contributed by atoms with Gasteiger partial charge in [0.05, 0.1) is 51.1 Å². The number of hydrogen-bond acceptors (Lipinski definition) is 11. The molecule has 3 aliphatic heterocycles. The van der Waals surface area contributed by atoms with E-state index in [9.17, 15) is 14.4 Å². The van der Waals surface area contributed by atoms with Crippen molar-refractivity contribution in [3.05, 3.63) is 57.6 Å². The zero-order valence-electron chi connectivity index (χ0n) is 28.7. The van der Waals surface area contributed by atoms with Crippen LogP contribution in [0.5, 0.6) is 6.01 Å². The SMILES string of the molecule is CC(C)(C)OC(=O)Nc1sc2c(F)ccc(-c3c4c(c5c(NCc6cn[nH]c6)nc(OC[C@@]67CCCN6C[C@H](F)C7)nc5c3Cl)COC4)c2c1C#N. The van der Waals surface area contributed by atoms with Crippen LogP contribution in [-0.4, -0.2) is 68.2 Å². The van der Waals surface area contributed by atoms with E-state index in [1.54, 1.807) is 39.2 Å². The van der Waals surface area contributed by atoms with Gasteiger partial charge in [-0.25, -0.2) is 13.6 Å². The molecule has 2 saturated heterocycles. The lowest BCUT2D eigenvalue weighted by molar-refractivity contribution is 0.0636. The van der Waals surface area contributed by atoms with Gasteiger partial charge in [-0.2, -0.15) is 20.3 Å². The summed E-state index contributed by atoms with van der Waals surface area (Å²) in [6.45, 7) is 7.37. The number of benzene rings is 2. The van der Waals surface area contributed by atoms with Crippen molar-refractivity contribution in [2.45, 2.75) is 77.1 Å². The maximum Gasteiger partial charge on any atom is 0.412 e. The highest BCUT2D eigenvalue weighted by atomic mass is 35.5. The van der Waals surface area contributed by atoms with Gasteiger partial charge in [-0.05, 0) is 62.9 Å². The maximum atomic E-state index is 15.5. The van der Waals surface area contributed by atoms with Crippen molar-refractivity contribution >= 4 is 60.8 Å². The Balaban J connectivity index is 1.28. The van der Waals surface area contributed by atoms with E-state index in [1.165, 1.54) is 6.07 Å². The molecule has 2 aromatic carbocycles. The molecule has 16 heteroatoms. The van der Waals surface area contributed by atoms with Crippen LogP contribution in [0.1, 0.15) is 62.3 Å². The van der Waals surface area contributed by atoms with E-state index in [2.05, 4.69) is 31.8 Å². The monoisotopic (exact) mass is 748 g/mol. The molecular weight excluding hydrogens is 714 g/mol. The fourth-order valence-corrected chi connectivity index (χ4v) is 9.08. The lowest BCUT2D eigenvalue weighted by Gasteiger charge is -2.30. The molecule has 6 heterocycles. The molecule has 5 aromatic rings. The molecule has 3 aromatic heterocycles. The Hall–Kier alpha value is -4.62. The summed E-state index contributed by atoms with van der Waals surface area (Å²) in [5, 5.41) is 24.6. The fourth-order valence-electron chi connectivity index (χ4n) is 7.66. The number of aromatic nitrogens is 4. The van der Waals surface area contributed by atoms with Crippen LogP contribution in [0.25, 0.3) is 32.1 Å². The van der Waals surface area contributed by atoms with Crippen molar-refractivity contribution in [2.75, 3.05) is 30.3 Å². The number of aromatic amines is 1. The first-order chi connectivity index (χ1) is 24.9. The number of alkyl halides is 1. The number of hydrogen-bond donors (Lipinski definition) is 3. The van der Waals surface area contributed by atoms with Crippen LogP contribution in [0.3, 0.4) is 0 Å². The van der Waals surface area contributed by atoms with Gasteiger partial charge in [0.2, 0.25) is 0 Å². The summed E-state index contributed by atoms with van der Waals surface area (Å²) in [6, 6.07) is 5.12. The second-order valence-electron chi connectivity index (χ2n) is 14.4. The summed E-state index contributed by atoms with van der Waals surface area (Å²) in [4.78, 5) is 24.6. The Labute approximate surface area is 306 Å². The molecule has 52 heavy (non-hydrogen) atoms. The number of fused-ring (bicyclic) bond motifs is 5. The number of H-pyrrole nitrogens is 1. The molecular formula is C36H35ClF2N8O4S. The summed E-state index contributed by atoms with van der Waals surface area (Å²) in [5.41, 5.74) is 2.63. The number of nitrogens with zero attached hydrogens (tertiary/aromatic N) is 5. The molecule has 1 amide bonds. The molecule has 12 nitrogen and oxygen atoms in total. The predicted octanol–water partition coefficient (Wildman–Crippen LogP) is 7.84. The summed E-state index contributed by atoms with van der Waals surface area (Å²) in [5.74, 6) is -0.0953. The normalized spacial score (nSPS) is 19.9. The van der Waals surface area contributed by atoms with Crippen LogP contribution >= 0.6 is 22.9 Å². The standard InChI is InChI=1S/C36H35ClF2N8O4S/c1-35(2,3)51-34(48)46-32-21(10-40)26-20(5-6-24(39)30(26)52-32)25-22-15-49-16-23(22)27-29(28(25)37)44-33(45-31(27)41-11-18-12-42-43-13-18)50-17-36-7-4-8-47(36)14-19(38)9-36/h5-6,12-13,19H,4,7-9,11,14-17H2,1-3H3,(H,42,43)(H,46,48)(H,41,44,45)/t19-,36+/m1/s1. The largest absolute Gasteiger partial charge is 0.461 e. The first-order valence-electron chi connectivity index (χ1n) is 17.0. The average Bonchev–Trinajstić information content (AvgIpc) is 3.92. The van der Waals surface area contributed by atoms with Crippen molar-refractivity contribution in [3.63, 3.8) is 0 Å². The van der Waals surface area contributed by atoms with Gasteiger partial charge >= 0.3 is 12.1 Å². The molecule has 0 unspecified atom stereocenters.